The van der Waals surface area contributed by atoms with E-state index in [-0.39, 0.29) is 5.25 Å². The minimum Gasteiger partial charge on any atom is -0.306 e. The lowest BCUT2D eigenvalue weighted by molar-refractivity contribution is 0.278. The Labute approximate surface area is 106 Å². The van der Waals surface area contributed by atoms with Crippen molar-refractivity contribution in [1.29, 1.82) is 0 Å². The third kappa shape index (κ3) is 4.43. The summed E-state index contributed by atoms with van der Waals surface area (Å²) in [7, 11) is -1.00. The molecular weight excluding hydrogens is 234 g/mol. The zero-order valence-electron chi connectivity index (χ0n) is 11.4. The van der Waals surface area contributed by atoms with Crippen LogP contribution in [0, 0.1) is 11.8 Å². The topological polar surface area (TPSA) is 37.4 Å². The molecule has 100 valence electrons. The molecule has 3 nitrogen and oxygen atoms in total. The van der Waals surface area contributed by atoms with Gasteiger partial charge in [0.1, 0.15) is 0 Å². The first-order valence-corrected chi connectivity index (χ1v) is 8.04. The van der Waals surface area contributed by atoms with Gasteiger partial charge in [0.2, 0.25) is 0 Å². The van der Waals surface area contributed by atoms with Crippen LogP contribution >= 0.6 is 0 Å². The smallest absolute Gasteiger partial charge is 0.174 e. The lowest BCUT2D eigenvalue weighted by Crippen LogP contribution is -2.36. The second-order valence-corrected chi connectivity index (χ2v) is 7.64. The van der Waals surface area contributed by atoms with Crippen molar-refractivity contribution in [2.45, 2.75) is 38.9 Å². The zero-order chi connectivity index (χ0) is 13.1. The van der Waals surface area contributed by atoms with Crippen LogP contribution < -0.4 is 0 Å². The summed E-state index contributed by atoms with van der Waals surface area (Å²) in [5.41, 5.74) is 0. The highest BCUT2D eigenvalue weighted by Gasteiger charge is 2.26. The Bertz CT molecular complexity index is 352. The lowest BCUT2D eigenvalue weighted by Gasteiger charge is -2.27. The normalized spacial score (nSPS) is 22.4. The van der Waals surface area contributed by atoms with E-state index in [1.54, 1.807) is 0 Å². The van der Waals surface area contributed by atoms with Gasteiger partial charge in [-0.3, -0.25) is 0 Å². The summed E-state index contributed by atoms with van der Waals surface area (Å²) in [6.45, 7) is 8.05. The molecule has 0 saturated carbocycles. The number of sulfone groups is 1. The maximum atomic E-state index is 12.1. The molecule has 0 amide bonds. The molecular formula is C13H25NO2S. The van der Waals surface area contributed by atoms with Gasteiger partial charge in [0.25, 0.3) is 0 Å². The van der Waals surface area contributed by atoms with Crippen molar-refractivity contribution >= 4 is 9.84 Å². The third-order valence-corrected chi connectivity index (χ3v) is 5.69. The Morgan fingerprint density at radius 2 is 1.71 bits per heavy atom. The van der Waals surface area contributed by atoms with Crippen LogP contribution in [0.2, 0.25) is 0 Å². The van der Waals surface area contributed by atoms with E-state index in [4.69, 9.17) is 0 Å². The average molecular weight is 259 g/mol. The van der Waals surface area contributed by atoms with Crippen LogP contribution in [0.1, 0.15) is 33.6 Å². The molecule has 0 aromatic heterocycles. The highest BCUT2D eigenvalue weighted by atomic mass is 32.2. The summed E-state index contributed by atoms with van der Waals surface area (Å²) >= 11 is 0. The molecule has 4 heteroatoms. The number of allylic oxidation sites excluding steroid dienone is 1. The van der Waals surface area contributed by atoms with Gasteiger partial charge in [-0.05, 0) is 44.8 Å². The summed E-state index contributed by atoms with van der Waals surface area (Å²) in [5, 5.41) is 1.28. The molecule has 1 heterocycles. The fraction of sp³-hybridized carbons (Fsp3) is 0.846. The van der Waals surface area contributed by atoms with E-state index in [0.29, 0.717) is 11.8 Å². The first-order chi connectivity index (χ1) is 7.83. The van der Waals surface area contributed by atoms with Crippen molar-refractivity contribution in [3.63, 3.8) is 0 Å². The van der Waals surface area contributed by atoms with Gasteiger partial charge in [-0.2, -0.15) is 0 Å². The fourth-order valence-electron chi connectivity index (χ4n) is 1.88. The van der Waals surface area contributed by atoms with Crippen molar-refractivity contribution in [2.24, 2.45) is 11.8 Å². The second-order valence-electron chi connectivity index (χ2n) is 5.52. The van der Waals surface area contributed by atoms with Gasteiger partial charge in [0, 0.05) is 5.41 Å². The Kier molecular flexibility index (Phi) is 5.20. The van der Waals surface area contributed by atoms with Crippen LogP contribution in [0.15, 0.2) is 11.5 Å². The Balaban J connectivity index is 2.63. The van der Waals surface area contributed by atoms with E-state index >= 15 is 0 Å². The van der Waals surface area contributed by atoms with E-state index in [9.17, 15) is 8.42 Å². The number of rotatable bonds is 4. The molecule has 17 heavy (non-hydrogen) atoms. The van der Waals surface area contributed by atoms with E-state index in [2.05, 4.69) is 25.7 Å². The van der Waals surface area contributed by atoms with Gasteiger partial charge in [0.15, 0.2) is 9.84 Å². The highest BCUT2D eigenvalue weighted by molar-refractivity contribution is 7.94. The molecule has 1 rings (SSSR count). The summed E-state index contributed by atoms with van der Waals surface area (Å²) in [5.74, 6) is 0.801. The quantitative estimate of drug-likeness (QED) is 0.777. The Morgan fingerprint density at radius 3 is 2.18 bits per heavy atom. The van der Waals surface area contributed by atoms with E-state index in [0.717, 1.165) is 25.9 Å². The van der Waals surface area contributed by atoms with E-state index in [1.165, 1.54) is 5.41 Å². The zero-order valence-corrected chi connectivity index (χ0v) is 12.2. The highest BCUT2D eigenvalue weighted by Crippen LogP contribution is 2.20. The predicted octanol–water partition coefficient (Wildman–Crippen LogP) is 2.30. The molecule has 1 saturated heterocycles. The molecule has 1 aliphatic heterocycles. The summed E-state index contributed by atoms with van der Waals surface area (Å²) in [4.78, 5) is 2.19. The summed E-state index contributed by atoms with van der Waals surface area (Å²) in [6.07, 6.45) is 3.37. The monoisotopic (exact) mass is 259 g/mol. The van der Waals surface area contributed by atoms with E-state index in [1.807, 2.05) is 13.1 Å². The van der Waals surface area contributed by atoms with Crippen LogP contribution in [0.25, 0.3) is 0 Å². The minimum atomic E-state index is -3.04. The molecule has 0 unspecified atom stereocenters. The molecule has 0 radical (unpaired) electrons. The second kappa shape index (κ2) is 6.01. The maximum absolute atomic E-state index is 12.1. The predicted molar refractivity (Wildman–Crippen MR) is 72.6 cm³/mol. The molecule has 0 aromatic carbocycles. The number of likely N-dealkylation sites (tertiary alicyclic amines) is 1. The molecule has 1 aliphatic rings. The summed E-state index contributed by atoms with van der Waals surface area (Å²) in [6, 6.07) is 0. The van der Waals surface area contributed by atoms with Gasteiger partial charge in [0.05, 0.1) is 5.25 Å². The maximum Gasteiger partial charge on any atom is 0.174 e. The Morgan fingerprint density at radius 1 is 1.18 bits per heavy atom. The molecule has 0 aromatic rings. The van der Waals surface area contributed by atoms with Crippen molar-refractivity contribution in [3.05, 3.63) is 11.5 Å². The first-order valence-electron chi connectivity index (χ1n) is 6.43. The number of piperidine rings is 1. The molecule has 0 aliphatic carbocycles. The molecule has 0 bridgehead atoms. The number of hydrogen-bond acceptors (Lipinski definition) is 3. The molecule has 0 N–H and O–H groups in total. The van der Waals surface area contributed by atoms with Crippen LogP contribution in [-0.2, 0) is 9.84 Å². The lowest BCUT2D eigenvalue weighted by atomic mass is 9.99. The number of nitrogens with zero attached hydrogens (tertiary/aromatic N) is 1. The van der Waals surface area contributed by atoms with Crippen molar-refractivity contribution in [2.75, 3.05) is 20.1 Å². The first kappa shape index (κ1) is 14.7. The average Bonchev–Trinajstić information content (AvgIpc) is 2.26. The van der Waals surface area contributed by atoms with Gasteiger partial charge in [-0.1, -0.05) is 26.8 Å². The largest absolute Gasteiger partial charge is 0.306 e. The minimum absolute atomic E-state index is 0.172. The van der Waals surface area contributed by atoms with Gasteiger partial charge in [-0.25, -0.2) is 8.42 Å². The summed E-state index contributed by atoms with van der Waals surface area (Å²) < 4.78 is 24.2. The van der Waals surface area contributed by atoms with E-state index < -0.39 is 9.84 Å². The SMILES string of the molecule is CC(C)[C@H](C)/C=C\S(=O)(=O)C1CCN(C)CC1. The van der Waals surface area contributed by atoms with Gasteiger partial charge < -0.3 is 4.90 Å². The van der Waals surface area contributed by atoms with Crippen LogP contribution in [-0.4, -0.2) is 38.7 Å². The van der Waals surface area contributed by atoms with Crippen LogP contribution in [0.5, 0.6) is 0 Å². The van der Waals surface area contributed by atoms with Crippen LogP contribution in [0.3, 0.4) is 0 Å². The standard InChI is InChI=1S/C13H25NO2S/c1-11(2)12(3)7-10-17(15,16)13-5-8-14(4)9-6-13/h7,10-13H,5-6,8-9H2,1-4H3/b10-7-/t12-/m1/s1. The third-order valence-electron chi connectivity index (χ3n) is 3.75. The van der Waals surface area contributed by atoms with Gasteiger partial charge >= 0.3 is 0 Å². The van der Waals surface area contributed by atoms with Crippen molar-refractivity contribution in [1.82, 2.24) is 4.90 Å². The van der Waals surface area contributed by atoms with Crippen LogP contribution in [0.4, 0.5) is 0 Å². The molecule has 1 fully saturated rings. The number of hydrogen-bond donors (Lipinski definition) is 0. The molecule has 0 spiro atoms. The van der Waals surface area contributed by atoms with Crippen molar-refractivity contribution < 1.29 is 8.42 Å². The fourth-order valence-corrected chi connectivity index (χ4v) is 3.44. The van der Waals surface area contributed by atoms with Gasteiger partial charge in [-0.15, -0.1) is 0 Å². The van der Waals surface area contributed by atoms with Crippen molar-refractivity contribution in [3.8, 4) is 0 Å². The Hall–Kier alpha value is -0.350. The molecule has 1 atom stereocenters.